The molecular formula is C64H64N4O. The van der Waals surface area contributed by atoms with Gasteiger partial charge in [0.2, 0.25) is 0 Å². The van der Waals surface area contributed by atoms with Crippen LogP contribution in [0.1, 0.15) is 97.1 Å². The zero-order valence-corrected chi connectivity index (χ0v) is 41.9. The number of anilines is 2. The van der Waals surface area contributed by atoms with Gasteiger partial charge in [0.05, 0.1) is 17.7 Å². The first-order valence-corrected chi connectivity index (χ1v) is 24.4. The van der Waals surface area contributed by atoms with Gasteiger partial charge in [0, 0.05) is 63.2 Å². The van der Waals surface area contributed by atoms with Crippen LogP contribution in [0.3, 0.4) is 0 Å². The molecule has 69 heavy (non-hydrogen) atoms. The van der Waals surface area contributed by atoms with Crippen molar-refractivity contribution in [3.63, 3.8) is 0 Å². The lowest BCUT2D eigenvalue weighted by atomic mass is 9.78. The predicted octanol–water partition coefficient (Wildman–Crippen LogP) is 16.7. The SMILES string of the molecule is CC(C)(C)c1cccc(N2CN(c3cc(Oc4cc(C(C)(C)C)c5c6ccccc6n(-c6cc(C(C)(C)c7ccccc7)ccn6)c5c4)cc(-c4ccccc4)c3)C=C2C(C)(C)c2ccccc2)c1. The average Bonchev–Trinajstić information content (AvgIpc) is 3.95. The van der Waals surface area contributed by atoms with E-state index in [4.69, 9.17) is 9.72 Å². The standard InChI is InChI=1S/C64H64N4O/c1-61(2,3)48-29-22-30-50(37-48)67-43-66(42-58(67)64(9,10)47-27-18-13-19-28-47)51-35-45(44-23-14-11-15-24-44)36-52(39-51)69-53-40-55(62(4,5)6)60-54-31-20-21-32-56(54)68(57(60)41-53)59-38-49(33-34-65-59)63(7,8)46-25-16-12-17-26-46/h11-42H,43H2,1-10H3. The number of para-hydroxylation sites is 1. The fourth-order valence-corrected chi connectivity index (χ4v) is 10.2. The molecule has 5 heteroatoms. The van der Waals surface area contributed by atoms with Crippen LogP contribution >= 0.6 is 0 Å². The molecule has 9 aromatic rings. The highest BCUT2D eigenvalue weighted by molar-refractivity contribution is 6.11. The smallest absolute Gasteiger partial charge is 0.137 e. The maximum Gasteiger partial charge on any atom is 0.137 e. The number of benzene rings is 7. The lowest BCUT2D eigenvalue weighted by Gasteiger charge is -2.34. The van der Waals surface area contributed by atoms with Gasteiger partial charge in [0.15, 0.2) is 0 Å². The summed E-state index contributed by atoms with van der Waals surface area (Å²) in [4.78, 5) is 9.97. The lowest BCUT2D eigenvalue weighted by Crippen LogP contribution is -2.34. The van der Waals surface area contributed by atoms with Crippen LogP contribution in [0.4, 0.5) is 11.4 Å². The Labute approximate surface area is 409 Å². The van der Waals surface area contributed by atoms with Crippen molar-refractivity contribution in [1.82, 2.24) is 9.55 Å². The first-order valence-electron chi connectivity index (χ1n) is 24.4. The first kappa shape index (κ1) is 45.4. The minimum atomic E-state index is -0.299. The van der Waals surface area contributed by atoms with Gasteiger partial charge >= 0.3 is 0 Å². The van der Waals surface area contributed by atoms with Crippen molar-refractivity contribution < 1.29 is 4.74 Å². The Kier molecular flexibility index (Phi) is 11.4. The van der Waals surface area contributed by atoms with Crippen LogP contribution in [0.5, 0.6) is 11.5 Å². The quantitative estimate of drug-likeness (QED) is 0.137. The fourth-order valence-electron chi connectivity index (χ4n) is 10.2. The highest BCUT2D eigenvalue weighted by atomic mass is 16.5. The topological polar surface area (TPSA) is 33.5 Å². The third-order valence-corrected chi connectivity index (χ3v) is 14.3. The van der Waals surface area contributed by atoms with Crippen molar-refractivity contribution in [1.29, 1.82) is 0 Å². The van der Waals surface area contributed by atoms with Gasteiger partial charge in [-0.15, -0.1) is 0 Å². The van der Waals surface area contributed by atoms with Crippen LogP contribution in [0, 0.1) is 0 Å². The minimum Gasteiger partial charge on any atom is -0.457 e. The number of hydrogen-bond donors (Lipinski definition) is 0. The molecule has 5 nitrogen and oxygen atoms in total. The van der Waals surface area contributed by atoms with Crippen molar-refractivity contribution in [3.8, 4) is 28.4 Å². The highest BCUT2D eigenvalue weighted by Gasteiger charge is 2.36. The molecular weight excluding hydrogens is 841 g/mol. The van der Waals surface area contributed by atoms with Crippen molar-refractivity contribution in [2.75, 3.05) is 16.5 Å². The molecule has 0 radical (unpaired) electrons. The van der Waals surface area contributed by atoms with E-state index in [-0.39, 0.29) is 21.7 Å². The molecule has 2 aromatic heterocycles. The zero-order chi connectivity index (χ0) is 48.3. The average molecular weight is 905 g/mol. The number of ether oxygens (including phenoxy) is 1. The predicted molar refractivity (Wildman–Crippen MR) is 290 cm³/mol. The van der Waals surface area contributed by atoms with Gasteiger partial charge in [-0.3, -0.25) is 4.57 Å². The minimum absolute atomic E-state index is 0.00850. The van der Waals surface area contributed by atoms with Crippen LogP contribution in [0.25, 0.3) is 38.8 Å². The Balaban J connectivity index is 1.12. The third kappa shape index (κ3) is 8.60. The molecule has 10 rings (SSSR count). The Bertz CT molecular complexity index is 3350. The summed E-state index contributed by atoms with van der Waals surface area (Å²) in [6.07, 6.45) is 4.31. The largest absolute Gasteiger partial charge is 0.457 e. The van der Waals surface area contributed by atoms with Crippen molar-refractivity contribution in [2.24, 2.45) is 0 Å². The summed E-state index contributed by atoms with van der Waals surface area (Å²) in [5, 5.41) is 2.41. The number of allylic oxidation sites excluding steroid dienone is 1. The zero-order valence-electron chi connectivity index (χ0n) is 41.9. The molecule has 0 saturated carbocycles. The molecule has 0 spiro atoms. The van der Waals surface area contributed by atoms with E-state index in [1.165, 1.54) is 50.0 Å². The van der Waals surface area contributed by atoms with Gasteiger partial charge < -0.3 is 14.5 Å². The van der Waals surface area contributed by atoms with Gasteiger partial charge in [-0.2, -0.15) is 0 Å². The van der Waals surface area contributed by atoms with E-state index in [9.17, 15) is 0 Å². The number of rotatable bonds is 10. The summed E-state index contributed by atoms with van der Waals surface area (Å²) in [6.45, 7) is 23.6. The van der Waals surface area contributed by atoms with E-state index in [1.807, 2.05) is 6.20 Å². The molecule has 346 valence electrons. The van der Waals surface area contributed by atoms with Crippen LogP contribution in [0.15, 0.2) is 200 Å². The van der Waals surface area contributed by atoms with Gasteiger partial charge in [0.25, 0.3) is 0 Å². The number of hydrogen-bond acceptors (Lipinski definition) is 4. The number of pyridine rings is 1. The van der Waals surface area contributed by atoms with E-state index in [2.05, 4.69) is 272 Å². The lowest BCUT2D eigenvalue weighted by molar-refractivity contribution is 0.480. The van der Waals surface area contributed by atoms with E-state index in [0.717, 1.165) is 45.2 Å². The second-order valence-corrected chi connectivity index (χ2v) is 21.9. The van der Waals surface area contributed by atoms with Crippen LogP contribution in [-0.4, -0.2) is 16.2 Å². The molecule has 0 bridgehead atoms. The molecule has 1 aliphatic heterocycles. The van der Waals surface area contributed by atoms with Crippen LogP contribution in [-0.2, 0) is 21.7 Å². The summed E-state index contributed by atoms with van der Waals surface area (Å²) in [7, 11) is 0. The van der Waals surface area contributed by atoms with Crippen LogP contribution in [0.2, 0.25) is 0 Å². The summed E-state index contributed by atoms with van der Waals surface area (Å²) in [5.74, 6) is 2.42. The van der Waals surface area contributed by atoms with E-state index >= 15 is 0 Å². The Hall–Kier alpha value is -7.37. The van der Waals surface area contributed by atoms with Crippen molar-refractivity contribution in [2.45, 2.75) is 90.9 Å². The summed E-state index contributed by atoms with van der Waals surface area (Å²) in [6, 6.07) is 65.7. The van der Waals surface area contributed by atoms with E-state index in [1.54, 1.807) is 0 Å². The second kappa shape index (κ2) is 17.3. The molecule has 0 aliphatic carbocycles. The monoisotopic (exact) mass is 905 g/mol. The number of nitrogens with zero attached hydrogens (tertiary/aromatic N) is 4. The molecule has 0 fully saturated rings. The van der Waals surface area contributed by atoms with Gasteiger partial charge in [-0.05, 0) is 98.3 Å². The van der Waals surface area contributed by atoms with E-state index in [0.29, 0.717) is 6.67 Å². The molecule has 1 aliphatic rings. The third-order valence-electron chi connectivity index (χ3n) is 14.3. The first-order chi connectivity index (χ1) is 33.0. The highest BCUT2D eigenvalue weighted by Crippen LogP contribution is 2.46. The number of aromatic nitrogens is 2. The molecule has 0 atom stereocenters. The van der Waals surface area contributed by atoms with Gasteiger partial charge in [0.1, 0.15) is 17.3 Å². The molecule has 0 amide bonds. The van der Waals surface area contributed by atoms with Gasteiger partial charge in [-0.25, -0.2) is 4.98 Å². The summed E-state index contributed by atoms with van der Waals surface area (Å²) < 4.78 is 9.57. The maximum atomic E-state index is 7.24. The Morgan fingerprint density at radius 2 is 1.09 bits per heavy atom. The molecule has 0 N–H and O–H groups in total. The molecule has 7 aromatic carbocycles. The van der Waals surface area contributed by atoms with Gasteiger partial charge in [-0.1, -0.05) is 191 Å². The normalized spacial score (nSPS) is 13.6. The van der Waals surface area contributed by atoms with Crippen LogP contribution < -0.4 is 14.5 Å². The fraction of sp³-hybridized carbons (Fsp3) is 0.234. The number of fused-ring (bicyclic) bond motifs is 3. The summed E-state index contributed by atoms with van der Waals surface area (Å²) in [5.41, 5.74) is 13.4. The molecule has 0 saturated heterocycles. The Morgan fingerprint density at radius 1 is 0.464 bits per heavy atom. The molecule has 3 heterocycles. The maximum absolute atomic E-state index is 7.24. The Morgan fingerprint density at radius 3 is 1.77 bits per heavy atom. The second-order valence-electron chi connectivity index (χ2n) is 21.9. The molecule has 0 unspecified atom stereocenters. The van der Waals surface area contributed by atoms with Crippen molar-refractivity contribution >= 4 is 33.2 Å². The van der Waals surface area contributed by atoms with E-state index < -0.39 is 0 Å². The summed E-state index contributed by atoms with van der Waals surface area (Å²) >= 11 is 0. The van der Waals surface area contributed by atoms with Crippen molar-refractivity contribution in [3.05, 3.63) is 228 Å².